The minimum absolute atomic E-state index is 0.00559. The highest BCUT2D eigenvalue weighted by molar-refractivity contribution is 7.07. The number of nitrogens with one attached hydrogen (secondary N) is 2. The van der Waals surface area contributed by atoms with E-state index in [2.05, 4.69) is 15.6 Å². The van der Waals surface area contributed by atoms with Crippen LogP contribution in [0, 0.1) is 18.8 Å². The van der Waals surface area contributed by atoms with Crippen molar-refractivity contribution in [2.75, 3.05) is 18.4 Å². The number of anilines is 1. The summed E-state index contributed by atoms with van der Waals surface area (Å²) < 4.78 is 0. The highest BCUT2D eigenvalue weighted by atomic mass is 32.1. The number of nitrogens with zero attached hydrogens (tertiary/aromatic N) is 2. The summed E-state index contributed by atoms with van der Waals surface area (Å²) in [5, 5.41) is 8.65. The summed E-state index contributed by atoms with van der Waals surface area (Å²) in [7, 11) is 0. The highest BCUT2D eigenvalue weighted by Gasteiger charge is 2.55. The number of fused-ring (bicyclic) bond motifs is 3. The third kappa shape index (κ3) is 2.26. The summed E-state index contributed by atoms with van der Waals surface area (Å²) in [4.78, 5) is 31.5. The Morgan fingerprint density at radius 2 is 2.23 bits per heavy atom. The molecule has 3 atom stereocenters. The maximum atomic E-state index is 12.7. The smallest absolute Gasteiger partial charge is 0.273 e. The largest absolute Gasteiger partial charge is 0.362 e. The molecule has 0 unspecified atom stereocenters. The van der Waals surface area contributed by atoms with Crippen LogP contribution in [0.25, 0.3) is 0 Å². The number of benzene rings is 1. The van der Waals surface area contributed by atoms with Crippen molar-refractivity contribution in [3.8, 4) is 0 Å². The maximum absolute atomic E-state index is 12.7. The lowest BCUT2D eigenvalue weighted by Crippen LogP contribution is -2.61. The SMILES string of the molecule is Cc1ccc2c(c1)C(=O)N[C@@]1(CC[C@H]3CN(C(=O)c4cscn4)C[C@H]31)N2. The molecule has 1 spiro atoms. The van der Waals surface area contributed by atoms with E-state index in [9.17, 15) is 9.59 Å². The van der Waals surface area contributed by atoms with E-state index in [0.717, 1.165) is 30.6 Å². The van der Waals surface area contributed by atoms with Crippen molar-refractivity contribution < 1.29 is 9.59 Å². The highest BCUT2D eigenvalue weighted by Crippen LogP contribution is 2.47. The van der Waals surface area contributed by atoms with E-state index < -0.39 is 5.66 Å². The van der Waals surface area contributed by atoms with Gasteiger partial charge in [0.25, 0.3) is 11.8 Å². The van der Waals surface area contributed by atoms with E-state index in [1.165, 1.54) is 11.3 Å². The molecule has 2 fully saturated rings. The fourth-order valence-electron chi connectivity index (χ4n) is 4.77. The molecule has 7 heteroatoms. The molecule has 26 heavy (non-hydrogen) atoms. The van der Waals surface area contributed by atoms with Gasteiger partial charge in [0.15, 0.2) is 0 Å². The van der Waals surface area contributed by atoms with Crippen LogP contribution in [0.3, 0.4) is 0 Å². The van der Waals surface area contributed by atoms with Crippen LogP contribution in [0.5, 0.6) is 0 Å². The fraction of sp³-hybridized carbons (Fsp3) is 0.421. The van der Waals surface area contributed by atoms with Crippen LogP contribution in [-0.4, -0.2) is 40.5 Å². The topological polar surface area (TPSA) is 74.3 Å². The Balaban J connectivity index is 1.42. The molecular weight excluding hydrogens is 348 g/mol. The Bertz CT molecular complexity index is 897. The molecule has 1 aromatic carbocycles. The quantitative estimate of drug-likeness (QED) is 0.811. The second-order valence-corrected chi connectivity index (χ2v) is 8.31. The zero-order valence-corrected chi connectivity index (χ0v) is 15.3. The summed E-state index contributed by atoms with van der Waals surface area (Å²) in [6, 6.07) is 5.94. The number of amides is 2. The van der Waals surface area contributed by atoms with Gasteiger partial charge in [0, 0.05) is 30.1 Å². The molecule has 3 aliphatic rings. The molecule has 2 aromatic rings. The van der Waals surface area contributed by atoms with Crippen LogP contribution in [0.1, 0.15) is 39.3 Å². The average Bonchev–Trinajstić information content (AvgIpc) is 3.34. The maximum Gasteiger partial charge on any atom is 0.273 e. The minimum Gasteiger partial charge on any atom is -0.362 e. The Labute approximate surface area is 155 Å². The third-order valence-corrected chi connectivity index (χ3v) is 6.62. The average molecular weight is 368 g/mol. The number of aromatic nitrogens is 1. The van der Waals surface area contributed by atoms with Crippen LogP contribution < -0.4 is 10.6 Å². The fourth-order valence-corrected chi connectivity index (χ4v) is 5.30. The van der Waals surface area contributed by atoms with Crippen LogP contribution >= 0.6 is 11.3 Å². The van der Waals surface area contributed by atoms with Gasteiger partial charge in [-0.2, -0.15) is 0 Å². The van der Waals surface area contributed by atoms with Crippen molar-refractivity contribution in [1.29, 1.82) is 0 Å². The Morgan fingerprint density at radius 3 is 3.04 bits per heavy atom. The molecule has 134 valence electrons. The first-order valence-electron chi connectivity index (χ1n) is 8.94. The predicted octanol–water partition coefficient (Wildman–Crippen LogP) is 2.49. The lowest BCUT2D eigenvalue weighted by Gasteiger charge is -2.42. The molecule has 2 N–H and O–H groups in total. The van der Waals surface area contributed by atoms with Crippen molar-refractivity contribution in [3.63, 3.8) is 0 Å². The van der Waals surface area contributed by atoms with Crippen molar-refractivity contribution in [2.45, 2.75) is 25.4 Å². The summed E-state index contributed by atoms with van der Waals surface area (Å²) in [5.74, 6) is 0.585. The van der Waals surface area contributed by atoms with Gasteiger partial charge in [-0.05, 0) is 37.8 Å². The van der Waals surface area contributed by atoms with Gasteiger partial charge in [-0.1, -0.05) is 11.6 Å². The zero-order chi connectivity index (χ0) is 17.9. The molecule has 2 aliphatic heterocycles. The number of aryl methyl sites for hydroxylation is 1. The first-order chi connectivity index (χ1) is 12.6. The minimum atomic E-state index is -0.457. The van der Waals surface area contributed by atoms with Gasteiger partial charge < -0.3 is 15.5 Å². The number of hydrogen-bond acceptors (Lipinski definition) is 5. The molecule has 1 saturated carbocycles. The lowest BCUT2D eigenvalue weighted by atomic mass is 9.89. The van der Waals surface area contributed by atoms with E-state index in [0.29, 0.717) is 23.7 Å². The van der Waals surface area contributed by atoms with Gasteiger partial charge in [-0.15, -0.1) is 11.3 Å². The van der Waals surface area contributed by atoms with Crippen LogP contribution in [0.15, 0.2) is 29.1 Å². The molecule has 1 saturated heterocycles. The summed E-state index contributed by atoms with van der Waals surface area (Å²) in [6.07, 6.45) is 1.89. The number of likely N-dealkylation sites (tertiary alicyclic amines) is 1. The van der Waals surface area contributed by atoms with Crippen molar-refractivity contribution in [2.24, 2.45) is 11.8 Å². The van der Waals surface area contributed by atoms with Crippen LogP contribution in [0.2, 0.25) is 0 Å². The number of thiazole rings is 1. The summed E-state index contributed by atoms with van der Waals surface area (Å²) >= 11 is 1.44. The second-order valence-electron chi connectivity index (χ2n) is 7.59. The number of rotatable bonds is 1. The normalized spacial score (nSPS) is 29.3. The van der Waals surface area contributed by atoms with E-state index in [1.54, 1.807) is 10.9 Å². The molecule has 1 aliphatic carbocycles. The molecular formula is C19H20N4O2S. The van der Waals surface area contributed by atoms with E-state index in [1.807, 2.05) is 30.0 Å². The van der Waals surface area contributed by atoms with Gasteiger partial charge in [-0.25, -0.2) is 4.98 Å². The number of carbonyl (C=O) groups excluding carboxylic acids is 2. The Hall–Kier alpha value is -2.41. The summed E-state index contributed by atoms with van der Waals surface area (Å²) in [6.45, 7) is 3.37. The van der Waals surface area contributed by atoms with E-state index in [-0.39, 0.29) is 17.7 Å². The zero-order valence-electron chi connectivity index (χ0n) is 14.5. The predicted molar refractivity (Wildman–Crippen MR) is 99.2 cm³/mol. The standard InChI is InChI=1S/C19H20N4O2S/c1-11-2-3-15-13(6-11)17(24)22-19(21-15)5-4-12-7-23(8-14(12)19)18(25)16-9-26-10-20-16/h2-3,6,9-10,12,14,21H,4-5,7-8H2,1H3,(H,22,24)/t12-,14+,19+/m0/s1. The monoisotopic (exact) mass is 368 g/mol. The van der Waals surface area contributed by atoms with Gasteiger partial charge in [-0.3, -0.25) is 9.59 Å². The number of hydrogen-bond donors (Lipinski definition) is 2. The van der Waals surface area contributed by atoms with Gasteiger partial charge in [0.1, 0.15) is 11.4 Å². The summed E-state index contributed by atoms with van der Waals surface area (Å²) in [5.41, 5.74) is 4.42. The van der Waals surface area contributed by atoms with E-state index in [4.69, 9.17) is 0 Å². The van der Waals surface area contributed by atoms with Crippen molar-refractivity contribution in [1.82, 2.24) is 15.2 Å². The molecule has 1 aromatic heterocycles. The van der Waals surface area contributed by atoms with Crippen molar-refractivity contribution >= 4 is 28.8 Å². The Morgan fingerprint density at radius 1 is 1.35 bits per heavy atom. The molecule has 0 radical (unpaired) electrons. The first kappa shape index (κ1) is 15.8. The van der Waals surface area contributed by atoms with Gasteiger partial charge in [0.05, 0.1) is 11.1 Å². The third-order valence-electron chi connectivity index (χ3n) is 6.04. The number of carbonyl (C=O) groups is 2. The molecule has 0 bridgehead atoms. The molecule has 6 nitrogen and oxygen atoms in total. The Kier molecular flexibility index (Phi) is 3.37. The molecule has 3 heterocycles. The molecule has 5 rings (SSSR count). The van der Waals surface area contributed by atoms with Gasteiger partial charge in [0.2, 0.25) is 0 Å². The van der Waals surface area contributed by atoms with Crippen LogP contribution in [-0.2, 0) is 0 Å². The first-order valence-corrected chi connectivity index (χ1v) is 9.89. The second kappa shape index (κ2) is 5.54. The lowest BCUT2D eigenvalue weighted by molar-refractivity contribution is 0.0762. The van der Waals surface area contributed by atoms with Crippen molar-refractivity contribution in [3.05, 3.63) is 45.9 Å². The molecule has 2 amide bonds. The van der Waals surface area contributed by atoms with Crippen LogP contribution in [0.4, 0.5) is 5.69 Å². The van der Waals surface area contributed by atoms with E-state index >= 15 is 0 Å². The van der Waals surface area contributed by atoms with Gasteiger partial charge >= 0.3 is 0 Å².